The standard InChI is InChI=1S/C12H20BrNS/c1-4-6-14-8-9(2)10(3)12-11(13)5-7-15-12/h5,7,9-10,14H,4,6,8H2,1-3H3. The van der Waals surface area contributed by atoms with Crippen molar-refractivity contribution in [3.63, 3.8) is 0 Å². The zero-order valence-corrected chi connectivity index (χ0v) is 12.1. The Hall–Kier alpha value is 0.140. The Labute approximate surface area is 105 Å². The van der Waals surface area contributed by atoms with Crippen molar-refractivity contribution in [1.82, 2.24) is 5.32 Å². The van der Waals surface area contributed by atoms with Crippen molar-refractivity contribution in [1.29, 1.82) is 0 Å². The fourth-order valence-corrected chi connectivity index (χ4v) is 3.50. The van der Waals surface area contributed by atoms with E-state index in [0.29, 0.717) is 11.8 Å². The smallest absolute Gasteiger partial charge is 0.0317 e. The molecule has 1 rings (SSSR count). The molecule has 3 heteroatoms. The third-order valence-electron chi connectivity index (χ3n) is 2.80. The summed E-state index contributed by atoms with van der Waals surface area (Å²) in [5.41, 5.74) is 0. The summed E-state index contributed by atoms with van der Waals surface area (Å²) < 4.78 is 1.27. The lowest BCUT2D eigenvalue weighted by Gasteiger charge is -2.19. The van der Waals surface area contributed by atoms with Crippen LogP contribution in [0.2, 0.25) is 0 Å². The van der Waals surface area contributed by atoms with Gasteiger partial charge < -0.3 is 5.32 Å². The second-order valence-electron chi connectivity index (χ2n) is 4.10. The molecule has 86 valence electrons. The van der Waals surface area contributed by atoms with Crippen molar-refractivity contribution in [2.45, 2.75) is 33.1 Å². The first-order valence-electron chi connectivity index (χ1n) is 5.60. The Balaban J connectivity index is 2.46. The molecular weight excluding hydrogens is 270 g/mol. The molecule has 2 atom stereocenters. The Morgan fingerprint density at radius 2 is 2.20 bits per heavy atom. The predicted molar refractivity (Wildman–Crippen MR) is 72.8 cm³/mol. The minimum absolute atomic E-state index is 0.628. The van der Waals surface area contributed by atoms with E-state index in [1.807, 2.05) is 11.3 Å². The third-order valence-corrected chi connectivity index (χ3v) is 4.88. The number of halogens is 1. The second kappa shape index (κ2) is 6.66. The van der Waals surface area contributed by atoms with Crippen LogP contribution in [0.25, 0.3) is 0 Å². The van der Waals surface area contributed by atoms with Crippen LogP contribution in [-0.2, 0) is 0 Å². The SMILES string of the molecule is CCCNCC(C)C(C)c1sccc1Br. The molecule has 0 aliphatic rings. The number of thiophene rings is 1. The molecule has 0 amide bonds. The van der Waals surface area contributed by atoms with Crippen LogP contribution in [0.4, 0.5) is 0 Å². The van der Waals surface area contributed by atoms with E-state index in [1.165, 1.54) is 15.8 Å². The summed E-state index contributed by atoms with van der Waals surface area (Å²) in [5.74, 6) is 1.32. The Morgan fingerprint density at radius 1 is 1.47 bits per heavy atom. The number of hydrogen-bond donors (Lipinski definition) is 1. The van der Waals surface area contributed by atoms with Gasteiger partial charge in [0.1, 0.15) is 0 Å². The molecular formula is C12H20BrNS. The summed E-state index contributed by atoms with van der Waals surface area (Å²) in [6, 6.07) is 2.14. The molecule has 1 heterocycles. The van der Waals surface area contributed by atoms with Gasteiger partial charge in [0.15, 0.2) is 0 Å². The van der Waals surface area contributed by atoms with Crippen molar-refractivity contribution in [3.05, 3.63) is 20.8 Å². The zero-order valence-electron chi connectivity index (χ0n) is 9.72. The topological polar surface area (TPSA) is 12.0 Å². The molecule has 0 aliphatic heterocycles. The van der Waals surface area contributed by atoms with E-state index in [1.54, 1.807) is 0 Å². The van der Waals surface area contributed by atoms with Gasteiger partial charge in [-0.15, -0.1) is 11.3 Å². The molecule has 0 aliphatic carbocycles. The summed E-state index contributed by atoms with van der Waals surface area (Å²) in [5, 5.41) is 5.64. The van der Waals surface area contributed by atoms with Gasteiger partial charge in [-0.3, -0.25) is 0 Å². The largest absolute Gasteiger partial charge is 0.316 e. The molecule has 1 nitrogen and oxygen atoms in total. The molecule has 0 saturated carbocycles. The molecule has 15 heavy (non-hydrogen) atoms. The van der Waals surface area contributed by atoms with Gasteiger partial charge in [0.2, 0.25) is 0 Å². The second-order valence-corrected chi connectivity index (χ2v) is 5.90. The molecule has 0 radical (unpaired) electrons. The summed E-state index contributed by atoms with van der Waals surface area (Å²) in [6.07, 6.45) is 1.21. The number of hydrogen-bond acceptors (Lipinski definition) is 2. The van der Waals surface area contributed by atoms with Gasteiger partial charge in [-0.05, 0) is 58.7 Å². The molecule has 1 N–H and O–H groups in total. The van der Waals surface area contributed by atoms with Gasteiger partial charge in [-0.1, -0.05) is 20.8 Å². The Bertz CT molecular complexity index is 285. The Kier molecular flexibility index (Phi) is 5.87. The molecule has 0 bridgehead atoms. The highest BCUT2D eigenvalue weighted by Crippen LogP contribution is 2.34. The van der Waals surface area contributed by atoms with Crippen molar-refractivity contribution in [3.8, 4) is 0 Å². The lowest BCUT2D eigenvalue weighted by molar-refractivity contribution is 0.451. The van der Waals surface area contributed by atoms with E-state index in [4.69, 9.17) is 0 Å². The van der Waals surface area contributed by atoms with Crippen molar-refractivity contribution >= 4 is 27.3 Å². The van der Waals surface area contributed by atoms with E-state index in [-0.39, 0.29) is 0 Å². The van der Waals surface area contributed by atoms with E-state index in [2.05, 4.69) is 53.5 Å². The van der Waals surface area contributed by atoms with Crippen LogP contribution in [-0.4, -0.2) is 13.1 Å². The quantitative estimate of drug-likeness (QED) is 0.772. The van der Waals surface area contributed by atoms with Crippen molar-refractivity contribution in [2.24, 2.45) is 5.92 Å². The predicted octanol–water partition coefficient (Wildman–Crippen LogP) is 4.25. The van der Waals surface area contributed by atoms with Gasteiger partial charge >= 0.3 is 0 Å². The summed E-state index contributed by atoms with van der Waals surface area (Å²) in [7, 11) is 0. The highest BCUT2D eigenvalue weighted by molar-refractivity contribution is 9.10. The first-order chi connectivity index (χ1) is 7.16. The van der Waals surface area contributed by atoms with Crippen LogP contribution < -0.4 is 5.32 Å². The molecule has 0 spiro atoms. The average molecular weight is 290 g/mol. The summed E-state index contributed by atoms with van der Waals surface area (Å²) in [6.45, 7) is 9.08. The van der Waals surface area contributed by atoms with Crippen LogP contribution in [0, 0.1) is 5.92 Å². The van der Waals surface area contributed by atoms with Crippen LogP contribution in [0.1, 0.15) is 38.0 Å². The van der Waals surface area contributed by atoms with Gasteiger partial charge in [-0.25, -0.2) is 0 Å². The minimum atomic E-state index is 0.628. The number of rotatable bonds is 6. The zero-order chi connectivity index (χ0) is 11.3. The maximum atomic E-state index is 3.61. The molecule has 1 aromatic heterocycles. The van der Waals surface area contributed by atoms with Crippen LogP contribution in [0.5, 0.6) is 0 Å². The maximum absolute atomic E-state index is 3.61. The first-order valence-corrected chi connectivity index (χ1v) is 7.27. The van der Waals surface area contributed by atoms with Gasteiger partial charge in [-0.2, -0.15) is 0 Å². The molecule has 0 fully saturated rings. The maximum Gasteiger partial charge on any atom is 0.0317 e. The summed E-state index contributed by atoms with van der Waals surface area (Å²) >= 11 is 5.46. The fourth-order valence-electron chi connectivity index (χ4n) is 1.57. The fraction of sp³-hybridized carbons (Fsp3) is 0.667. The summed E-state index contributed by atoms with van der Waals surface area (Å²) in [4.78, 5) is 1.47. The van der Waals surface area contributed by atoms with Gasteiger partial charge in [0.25, 0.3) is 0 Å². The van der Waals surface area contributed by atoms with E-state index in [9.17, 15) is 0 Å². The van der Waals surface area contributed by atoms with E-state index < -0.39 is 0 Å². The molecule has 0 saturated heterocycles. The lowest BCUT2D eigenvalue weighted by Crippen LogP contribution is -2.24. The minimum Gasteiger partial charge on any atom is -0.316 e. The Morgan fingerprint density at radius 3 is 2.73 bits per heavy atom. The molecule has 0 aromatic carbocycles. The first kappa shape index (κ1) is 13.2. The average Bonchev–Trinajstić information content (AvgIpc) is 2.63. The normalized spacial score (nSPS) is 15.2. The highest BCUT2D eigenvalue weighted by Gasteiger charge is 2.17. The highest BCUT2D eigenvalue weighted by atomic mass is 79.9. The van der Waals surface area contributed by atoms with Gasteiger partial charge in [0.05, 0.1) is 0 Å². The third kappa shape index (κ3) is 3.89. The van der Waals surface area contributed by atoms with Gasteiger partial charge in [0, 0.05) is 9.35 Å². The lowest BCUT2D eigenvalue weighted by atomic mass is 9.94. The van der Waals surface area contributed by atoms with Crippen molar-refractivity contribution < 1.29 is 0 Å². The van der Waals surface area contributed by atoms with Crippen LogP contribution >= 0.6 is 27.3 Å². The van der Waals surface area contributed by atoms with E-state index >= 15 is 0 Å². The van der Waals surface area contributed by atoms with Crippen LogP contribution in [0.3, 0.4) is 0 Å². The van der Waals surface area contributed by atoms with Crippen molar-refractivity contribution in [2.75, 3.05) is 13.1 Å². The van der Waals surface area contributed by atoms with E-state index in [0.717, 1.165) is 13.1 Å². The monoisotopic (exact) mass is 289 g/mol. The molecule has 2 unspecified atom stereocenters. The number of nitrogens with one attached hydrogen (secondary N) is 1. The van der Waals surface area contributed by atoms with Crippen LogP contribution in [0.15, 0.2) is 15.9 Å². The molecule has 1 aromatic rings.